The van der Waals surface area contributed by atoms with Crippen LogP contribution in [0.4, 0.5) is 0 Å². The van der Waals surface area contributed by atoms with Gasteiger partial charge in [-0.2, -0.15) is 0 Å². The Labute approximate surface area is 105 Å². The van der Waals surface area contributed by atoms with E-state index in [4.69, 9.17) is 0 Å². The predicted octanol–water partition coefficient (Wildman–Crippen LogP) is 1.33. The summed E-state index contributed by atoms with van der Waals surface area (Å²) >= 11 is 0. The zero-order chi connectivity index (χ0) is 13.0. The maximum atomic E-state index is 11.6. The first kappa shape index (κ1) is 12.4. The minimum absolute atomic E-state index is 0.141. The first-order chi connectivity index (χ1) is 8.65. The molecular formula is C13H16N4O. The highest BCUT2D eigenvalue weighted by Gasteiger charge is 2.04. The summed E-state index contributed by atoms with van der Waals surface area (Å²) in [7, 11) is 0. The Kier molecular flexibility index (Phi) is 3.84. The lowest BCUT2D eigenvalue weighted by Crippen LogP contribution is -2.24. The van der Waals surface area contributed by atoms with Crippen LogP contribution in [0.1, 0.15) is 19.5 Å². The second kappa shape index (κ2) is 5.55. The summed E-state index contributed by atoms with van der Waals surface area (Å²) in [6.07, 6.45) is 3.35. The largest absolute Gasteiger partial charge is 0.309 e. The molecule has 18 heavy (non-hydrogen) atoms. The van der Waals surface area contributed by atoms with Gasteiger partial charge in [0.05, 0.1) is 5.69 Å². The third-order valence-electron chi connectivity index (χ3n) is 2.44. The smallest absolute Gasteiger partial charge is 0.251 e. The first-order valence-electron chi connectivity index (χ1n) is 5.89. The zero-order valence-corrected chi connectivity index (χ0v) is 10.5. The van der Waals surface area contributed by atoms with Crippen LogP contribution in [-0.2, 0) is 6.54 Å². The number of H-pyrrole nitrogens is 1. The summed E-state index contributed by atoms with van der Waals surface area (Å²) in [5.74, 6) is 0.574. The molecule has 5 heteroatoms. The Balaban J connectivity index is 2.30. The summed E-state index contributed by atoms with van der Waals surface area (Å²) in [6, 6.07) is 5.51. The predicted molar refractivity (Wildman–Crippen MR) is 70.1 cm³/mol. The van der Waals surface area contributed by atoms with E-state index in [1.165, 1.54) is 6.07 Å². The molecule has 0 radical (unpaired) electrons. The molecule has 0 bridgehead atoms. The highest BCUT2D eigenvalue weighted by atomic mass is 16.1. The number of aromatic amines is 1. The van der Waals surface area contributed by atoms with Gasteiger partial charge in [0.2, 0.25) is 0 Å². The van der Waals surface area contributed by atoms with Crippen molar-refractivity contribution in [1.82, 2.24) is 20.3 Å². The minimum atomic E-state index is -0.141. The van der Waals surface area contributed by atoms with E-state index in [1.807, 2.05) is 12.1 Å². The second-order valence-electron chi connectivity index (χ2n) is 4.36. The minimum Gasteiger partial charge on any atom is -0.309 e. The highest BCUT2D eigenvalue weighted by molar-refractivity contribution is 5.53. The van der Waals surface area contributed by atoms with Gasteiger partial charge in [0.1, 0.15) is 5.82 Å². The number of hydrogen-bond donors (Lipinski definition) is 2. The van der Waals surface area contributed by atoms with E-state index in [0.717, 1.165) is 11.3 Å². The van der Waals surface area contributed by atoms with Crippen LogP contribution in [0.5, 0.6) is 0 Å². The molecule has 2 heterocycles. The monoisotopic (exact) mass is 244 g/mol. The molecule has 5 nitrogen and oxygen atoms in total. The molecule has 0 aliphatic heterocycles. The fourth-order valence-electron chi connectivity index (χ4n) is 1.55. The third kappa shape index (κ3) is 3.24. The van der Waals surface area contributed by atoms with Crippen molar-refractivity contribution >= 4 is 0 Å². The molecule has 0 saturated heterocycles. The van der Waals surface area contributed by atoms with Crippen LogP contribution in [0.2, 0.25) is 0 Å². The zero-order valence-electron chi connectivity index (χ0n) is 10.5. The van der Waals surface area contributed by atoms with Crippen molar-refractivity contribution in [2.45, 2.75) is 26.4 Å². The van der Waals surface area contributed by atoms with Crippen molar-refractivity contribution in [3.05, 3.63) is 46.6 Å². The van der Waals surface area contributed by atoms with Crippen LogP contribution in [0.3, 0.4) is 0 Å². The molecule has 0 fully saturated rings. The van der Waals surface area contributed by atoms with Crippen molar-refractivity contribution < 1.29 is 0 Å². The van der Waals surface area contributed by atoms with Gasteiger partial charge in [-0.3, -0.25) is 9.78 Å². The summed E-state index contributed by atoms with van der Waals surface area (Å²) in [5, 5.41) is 3.24. The van der Waals surface area contributed by atoms with Crippen LogP contribution < -0.4 is 10.9 Å². The molecule has 2 aromatic rings. The molecular weight excluding hydrogens is 228 g/mol. The lowest BCUT2D eigenvalue weighted by molar-refractivity contribution is 0.580. The Hall–Kier alpha value is -2.01. The molecule has 0 aromatic carbocycles. The molecule has 0 spiro atoms. The molecule has 2 N–H and O–H groups in total. The van der Waals surface area contributed by atoms with Gasteiger partial charge in [0, 0.05) is 36.6 Å². The maximum Gasteiger partial charge on any atom is 0.251 e. The van der Waals surface area contributed by atoms with Gasteiger partial charge in [-0.15, -0.1) is 0 Å². The van der Waals surface area contributed by atoms with Gasteiger partial charge in [0.15, 0.2) is 0 Å². The number of hydrogen-bond acceptors (Lipinski definition) is 4. The van der Waals surface area contributed by atoms with Gasteiger partial charge in [-0.1, -0.05) is 13.8 Å². The van der Waals surface area contributed by atoms with E-state index in [9.17, 15) is 4.79 Å². The van der Waals surface area contributed by atoms with E-state index < -0.39 is 0 Å². The van der Waals surface area contributed by atoms with Crippen molar-refractivity contribution in [1.29, 1.82) is 0 Å². The Morgan fingerprint density at radius 2 is 2.06 bits per heavy atom. The number of nitrogens with zero attached hydrogens (tertiary/aromatic N) is 2. The van der Waals surface area contributed by atoms with E-state index in [0.29, 0.717) is 18.4 Å². The number of nitrogens with one attached hydrogen (secondary N) is 2. The average Bonchev–Trinajstić information content (AvgIpc) is 2.37. The summed E-state index contributed by atoms with van der Waals surface area (Å²) < 4.78 is 0. The van der Waals surface area contributed by atoms with Crippen molar-refractivity contribution in [3.8, 4) is 11.4 Å². The summed E-state index contributed by atoms with van der Waals surface area (Å²) in [5.41, 5.74) is 1.45. The molecule has 2 aromatic heterocycles. The van der Waals surface area contributed by atoms with Gasteiger partial charge in [-0.25, -0.2) is 4.98 Å². The molecule has 0 saturated carbocycles. The van der Waals surface area contributed by atoms with Crippen LogP contribution in [-0.4, -0.2) is 21.0 Å². The van der Waals surface area contributed by atoms with Gasteiger partial charge in [-0.05, 0) is 12.1 Å². The number of rotatable bonds is 4. The second-order valence-corrected chi connectivity index (χ2v) is 4.36. The van der Waals surface area contributed by atoms with Crippen molar-refractivity contribution in [2.75, 3.05) is 0 Å². The summed E-state index contributed by atoms with van der Waals surface area (Å²) in [6.45, 7) is 4.69. The quantitative estimate of drug-likeness (QED) is 0.851. The lowest BCUT2D eigenvalue weighted by atomic mass is 10.2. The van der Waals surface area contributed by atoms with Crippen molar-refractivity contribution in [3.63, 3.8) is 0 Å². The Morgan fingerprint density at radius 1 is 1.33 bits per heavy atom. The highest BCUT2D eigenvalue weighted by Crippen LogP contribution is 2.11. The standard InChI is InChI=1S/C13H16N4O/c1-9(2)15-8-11-7-12(18)17-13(16-11)10-3-5-14-6-4-10/h3-7,9,15H,8H2,1-2H3,(H,16,17,18). The molecule has 2 rings (SSSR count). The van der Waals surface area contributed by atoms with E-state index in [-0.39, 0.29) is 5.56 Å². The third-order valence-corrected chi connectivity index (χ3v) is 2.44. The van der Waals surface area contributed by atoms with Gasteiger partial charge >= 0.3 is 0 Å². The van der Waals surface area contributed by atoms with Crippen molar-refractivity contribution in [2.24, 2.45) is 0 Å². The van der Waals surface area contributed by atoms with Gasteiger partial charge in [0.25, 0.3) is 5.56 Å². The van der Waals surface area contributed by atoms with Crippen LogP contribution in [0.15, 0.2) is 35.4 Å². The van der Waals surface area contributed by atoms with Crippen LogP contribution in [0.25, 0.3) is 11.4 Å². The van der Waals surface area contributed by atoms with E-state index >= 15 is 0 Å². The Bertz CT molecular complexity index is 563. The lowest BCUT2D eigenvalue weighted by Gasteiger charge is -2.08. The van der Waals surface area contributed by atoms with Crippen LogP contribution in [0, 0.1) is 0 Å². The molecule has 94 valence electrons. The number of aromatic nitrogens is 3. The normalized spacial score (nSPS) is 10.8. The topological polar surface area (TPSA) is 70.7 Å². The van der Waals surface area contributed by atoms with Gasteiger partial charge < -0.3 is 10.3 Å². The van der Waals surface area contributed by atoms with Crippen LogP contribution >= 0.6 is 0 Å². The summed E-state index contributed by atoms with van der Waals surface area (Å²) in [4.78, 5) is 22.7. The molecule has 0 aliphatic rings. The fraction of sp³-hybridized carbons (Fsp3) is 0.308. The number of pyridine rings is 1. The first-order valence-corrected chi connectivity index (χ1v) is 5.89. The SMILES string of the molecule is CC(C)NCc1cc(=O)[nH]c(-c2ccncc2)n1. The maximum absolute atomic E-state index is 11.6. The fourth-order valence-corrected chi connectivity index (χ4v) is 1.55. The van der Waals surface area contributed by atoms with E-state index in [2.05, 4.69) is 34.1 Å². The molecule has 0 atom stereocenters. The Morgan fingerprint density at radius 3 is 2.72 bits per heavy atom. The molecule has 0 unspecified atom stereocenters. The average molecular weight is 244 g/mol. The van der Waals surface area contributed by atoms with E-state index in [1.54, 1.807) is 12.4 Å². The molecule has 0 amide bonds. The molecule has 0 aliphatic carbocycles.